The number of fused-ring (bicyclic) bond motifs is 1. The van der Waals surface area contributed by atoms with Crippen molar-refractivity contribution in [3.05, 3.63) is 52.0 Å². The second kappa shape index (κ2) is 11.1. The number of nitrogens with zero attached hydrogens (tertiary/aromatic N) is 3. The van der Waals surface area contributed by atoms with Crippen LogP contribution in [-0.4, -0.2) is 56.1 Å². The van der Waals surface area contributed by atoms with Crippen molar-refractivity contribution in [2.75, 3.05) is 36.8 Å². The fraction of sp³-hybridized carbons (Fsp3) is 0.391. The van der Waals surface area contributed by atoms with Gasteiger partial charge in [-0.05, 0) is 55.9 Å². The largest absolute Gasteiger partial charge is 0.302 e. The Morgan fingerprint density at radius 1 is 1.03 bits per heavy atom. The molecule has 0 spiro atoms. The van der Waals surface area contributed by atoms with Crippen LogP contribution < -0.4 is 4.90 Å². The quantitative estimate of drug-likeness (QED) is 0.350. The van der Waals surface area contributed by atoms with Crippen LogP contribution in [-0.2, 0) is 14.6 Å². The number of halogens is 2. The van der Waals surface area contributed by atoms with E-state index >= 15 is 0 Å². The minimum atomic E-state index is -3.62. The first kappa shape index (κ1) is 25.9. The van der Waals surface area contributed by atoms with Gasteiger partial charge in [0.05, 0.1) is 25.9 Å². The fourth-order valence-corrected chi connectivity index (χ4v) is 6.15. The van der Waals surface area contributed by atoms with E-state index in [9.17, 15) is 13.2 Å². The molecule has 178 valence electrons. The Kier molecular flexibility index (Phi) is 8.75. The second-order valence-corrected chi connectivity index (χ2v) is 11.6. The van der Waals surface area contributed by atoms with Crippen LogP contribution >= 0.6 is 34.5 Å². The van der Waals surface area contributed by atoms with Gasteiger partial charge < -0.3 is 4.90 Å². The molecule has 10 heteroatoms. The van der Waals surface area contributed by atoms with Gasteiger partial charge in [-0.1, -0.05) is 54.5 Å². The summed E-state index contributed by atoms with van der Waals surface area (Å²) in [4.78, 5) is 21.9. The highest BCUT2D eigenvalue weighted by Gasteiger charge is 2.24. The molecule has 3 aromatic rings. The molecule has 0 saturated heterocycles. The Morgan fingerprint density at radius 2 is 1.70 bits per heavy atom. The SMILES string of the molecule is CCN(CC)CCN(C(=O)CCS(=O)(=O)c1ccc(Cl)cc1)c1nc2c(C)ccc(Cl)c2s1. The number of carbonyl (C=O) groups excluding carboxylic acids is 1. The third kappa shape index (κ3) is 6.25. The molecule has 0 fully saturated rings. The van der Waals surface area contributed by atoms with Crippen LogP contribution in [0.4, 0.5) is 5.13 Å². The highest BCUT2D eigenvalue weighted by Crippen LogP contribution is 2.36. The zero-order valence-electron chi connectivity index (χ0n) is 18.8. The van der Waals surface area contributed by atoms with E-state index in [2.05, 4.69) is 18.7 Å². The summed E-state index contributed by atoms with van der Waals surface area (Å²) in [6, 6.07) is 9.69. The maximum Gasteiger partial charge on any atom is 0.229 e. The zero-order chi connectivity index (χ0) is 24.2. The van der Waals surface area contributed by atoms with Crippen molar-refractivity contribution in [1.29, 1.82) is 0 Å². The van der Waals surface area contributed by atoms with Crippen molar-refractivity contribution in [2.45, 2.75) is 32.1 Å². The summed E-state index contributed by atoms with van der Waals surface area (Å²) in [5.41, 5.74) is 1.73. The fourth-order valence-electron chi connectivity index (χ4n) is 3.43. The van der Waals surface area contributed by atoms with Gasteiger partial charge in [0.2, 0.25) is 5.91 Å². The van der Waals surface area contributed by atoms with Crippen molar-refractivity contribution in [3.8, 4) is 0 Å². The number of amides is 1. The first-order chi connectivity index (χ1) is 15.7. The lowest BCUT2D eigenvalue weighted by molar-refractivity contribution is -0.118. The van der Waals surface area contributed by atoms with Crippen molar-refractivity contribution < 1.29 is 13.2 Å². The lowest BCUT2D eigenvalue weighted by Crippen LogP contribution is -2.39. The van der Waals surface area contributed by atoms with E-state index in [1.54, 1.807) is 4.90 Å². The molecule has 6 nitrogen and oxygen atoms in total. The van der Waals surface area contributed by atoms with Crippen molar-refractivity contribution in [2.24, 2.45) is 0 Å². The lowest BCUT2D eigenvalue weighted by atomic mass is 10.2. The summed E-state index contributed by atoms with van der Waals surface area (Å²) < 4.78 is 26.3. The number of anilines is 1. The minimum absolute atomic E-state index is 0.147. The zero-order valence-corrected chi connectivity index (χ0v) is 22.0. The topological polar surface area (TPSA) is 70.6 Å². The molecule has 0 N–H and O–H groups in total. The van der Waals surface area contributed by atoms with Gasteiger partial charge >= 0.3 is 0 Å². The van der Waals surface area contributed by atoms with Crippen molar-refractivity contribution in [3.63, 3.8) is 0 Å². The number of hydrogen-bond donors (Lipinski definition) is 0. The Labute approximate surface area is 209 Å². The first-order valence-corrected chi connectivity index (χ1v) is 14.0. The van der Waals surface area contributed by atoms with Gasteiger partial charge in [-0.3, -0.25) is 9.69 Å². The Hall–Kier alpha value is -1.71. The first-order valence-electron chi connectivity index (χ1n) is 10.7. The summed E-state index contributed by atoms with van der Waals surface area (Å²) in [5.74, 6) is -0.576. The van der Waals surface area contributed by atoms with Crippen LogP contribution in [0.15, 0.2) is 41.3 Å². The van der Waals surface area contributed by atoms with E-state index in [1.165, 1.54) is 35.6 Å². The number of sulfone groups is 1. The number of rotatable bonds is 10. The van der Waals surface area contributed by atoms with E-state index < -0.39 is 9.84 Å². The number of hydrogen-bond acceptors (Lipinski definition) is 6. The van der Waals surface area contributed by atoms with E-state index in [-0.39, 0.29) is 23.0 Å². The molecule has 0 aliphatic carbocycles. The average molecular weight is 529 g/mol. The smallest absolute Gasteiger partial charge is 0.229 e. The Morgan fingerprint density at radius 3 is 2.30 bits per heavy atom. The van der Waals surface area contributed by atoms with Crippen LogP contribution in [0.25, 0.3) is 10.2 Å². The third-order valence-corrected chi connectivity index (χ3v) is 9.03. The van der Waals surface area contributed by atoms with E-state index in [0.29, 0.717) is 28.3 Å². The molecule has 1 aromatic heterocycles. The summed E-state index contributed by atoms with van der Waals surface area (Å²) in [6.45, 7) is 8.86. The standard InChI is InChI=1S/C23H27Cl2N3O3S2/c1-4-27(5-2)13-14-28(23-26-21-16(3)6-11-19(25)22(21)32-23)20(29)12-15-33(30,31)18-9-7-17(24)8-10-18/h6-11H,4-5,12-15H2,1-3H3. The predicted octanol–water partition coefficient (Wildman–Crippen LogP) is 5.45. The number of aryl methyl sites for hydroxylation is 1. The average Bonchev–Trinajstić information content (AvgIpc) is 3.24. The molecular formula is C23H27Cl2N3O3S2. The predicted molar refractivity (Wildman–Crippen MR) is 138 cm³/mol. The lowest BCUT2D eigenvalue weighted by Gasteiger charge is -2.24. The highest BCUT2D eigenvalue weighted by atomic mass is 35.5. The van der Waals surface area contributed by atoms with Crippen molar-refractivity contribution >= 4 is 65.6 Å². The van der Waals surface area contributed by atoms with E-state index in [1.807, 2.05) is 19.1 Å². The summed E-state index contributed by atoms with van der Waals surface area (Å²) in [6.07, 6.45) is -0.147. The summed E-state index contributed by atoms with van der Waals surface area (Å²) >= 11 is 13.6. The Bertz CT molecular complexity index is 1180. The summed E-state index contributed by atoms with van der Waals surface area (Å²) in [5, 5.41) is 1.57. The van der Waals surface area contributed by atoms with Crippen LogP contribution in [0, 0.1) is 6.92 Å². The maximum atomic E-state index is 13.3. The number of carbonyl (C=O) groups is 1. The van der Waals surface area contributed by atoms with Gasteiger partial charge in [-0.2, -0.15) is 0 Å². The van der Waals surface area contributed by atoms with Crippen LogP contribution in [0.2, 0.25) is 10.0 Å². The molecule has 2 aromatic carbocycles. The molecule has 1 heterocycles. The molecule has 0 aliphatic rings. The summed E-state index contributed by atoms with van der Waals surface area (Å²) in [7, 11) is -3.62. The molecule has 0 radical (unpaired) electrons. The molecule has 1 amide bonds. The molecule has 0 saturated carbocycles. The molecule has 0 aliphatic heterocycles. The van der Waals surface area contributed by atoms with Gasteiger partial charge in [0.15, 0.2) is 15.0 Å². The second-order valence-electron chi connectivity index (χ2n) is 7.63. The maximum absolute atomic E-state index is 13.3. The highest BCUT2D eigenvalue weighted by molar-refractivity contribution is 7.91. The number of likely N-dealkylation sites (N-methyl/N-ethyl adjacent to an activating group) is 1. The van der Waals surface area contributed by atoms with E-state index in [4.69, 9.17) is 28.2 Å². The number of thiazole rings is 1. The number of benzene rings is 2. The Balaban J connectivity index is 1.86. The monoisotopic (exact) mass is 527 g/mol. The molecule has 33 heavy (non-hydrogen) atoms. The van der Waals surface area contributed by atoms with Crippen molar-refractivity contribution in [1.82, 2.24) is 9.88 Å². The van der Waals surface area contributed by atoms with E-state index in [0.717, 1.165) is 28.9 Å². The number of aromatic nitrogens is 1. The molecule has 0 atom stereocenters. The molecule has 0 bridgehead atoms. The third-order valence-electron chi connectivity index (χ3n) is 5.51. The van der Waals surface area contributed by atoms with Gasteiger partial charge in [0.1, 0.15) is 0 Å². The van der Waals surface area contributed by atoms with Gasteiger partial charge in [0.25, 0.3) is 0 Å². The van der Waals surface area contributed by atoms with Crippen LogP contribution in [0.1, 0.15) is 25.8 Å². The molecular weight excluding hydrogens is 501 g/mol. The minimum Gasteiger partial charge on any atom is -0.302 e. The normalized spacial score (nSPS) is 11.9. The van der Waals surface area contributed by atoms with Gasteiger partial charge in [0, 0.05) is 24.5 Å². The molecule has 3 rings (SSSR count). The van der Waals surface area contributed by atoms with Crippen LogP contribution in [0.3, 0.4) is 0 Å². The van der Waals surface area contributed by atoms with Gasteiger partial charge in [-0.25, -0.2) is 13.4 Å². The van der Waals surface area contributed by atoms with Crippen LogP contribution in [0.5, 0.6) is 0 Å². The van der Waals surface area contributed by atoms with Gasteiger partial charge in [-0.15, -0.1) is 0 Å². The molecule has 0 unspecified atom stereocenters.